The molecule has 0 fully saturated rings. The van der Waals surface area contributed by atoms with Gasteiger partial charge in [-0.05, 0) is 76.3 Å². The summed E-state index contributed by atoms with van der Waals surface area (Å²) in [6, 6.07) is 62.7. The summed E-state index contributed by atoms with van der Waals surface area (Å²) in [4.78, 5) is 0. The predicted molar refractivity (Wildman–Crippen MR) is 212 cm³/mol. The summed E-state index contributed by atoms with van der Waals surface area (Å²) in [5.41, 5.74) is 14.1. The molecule has 0 atom stereocenters. The first-order valence-corrected chi connectivity index (χ1v) is 17.3. The number of fused-ring (bicyclic) bond motifs is 9. The van der Waals surface area contributed by atoms with Gasteiger partial charge in [-0.25, -0.2) is 0 Å². The first-order valence-electron chi connectivity index (χ1n) is 17.3. The lowest BCUT2D eigenvalue weighted by atomic mass is 9.98. The van der Waals surface area contributed by atoms with E-state index in [1.165, 1.54) is 44.1 Å². The lowest BCUT2D eigenvalue weighted by Gasteiger charge is -2.11. The number of hydrogen-bond donors (Lipinski definition) is 0. The van der Waals surface area contributed by atoms with E-state index in [1.54, 1.807) is 0 Å². The van der Waals surface area contributed by atoms with E-state index in [0.717, 1.165) is 60.7 Å². The fourth-order valence-corrected chi connectivity index (χ4v) is 7.95. The minimum absolute atomic E-state index is 0.914. The quantitative estimate of drug-likeness (QED) is 0.190. The highest BCUT2D eigenvalue weighted by Crippen LogP contribution is 2.39. The average molecular weight is 652 g/mol. The highest BCUT2D eigenvalue weighted by atomic mass is 16.3. The number of rotatable bonds is 4. The summed E-state index contributed by atoms with van der Waals surface area (Å²) in [5, 5.41) is 7.06. The van der Waals surface area contributed by atoms with Crippen LogP contribution in [0.4, 0.5) is 0 Å². The molecule has 0 spiro atoms. The van der Waals surface area contributed by atoms with E-state index in [-0.39, 0.29) is 0 Å². The molecule has 3 heteroatoms. The summed E-state index contributed by atoms with van der Waals surface area (Å²) < 4.78 is 14.8. The van der Waals surface area contributed by atoms with E-state index in [9.17, 15) is 0 Å². The van der Waals surface area contributed by atoms with Gasteiger partial charge >= 0.3 is 0 Å². The molecular formula is C48H29NO2. The third-order valence-corrected chi connectivity index (χ3v) is 10.4. The average Bonchev–Trinajstić information content (AvgIpc) is 3.87. The van der Waals surface area contributed by atoms with Crippen molar-refractivity contribution < 1.29 is 8.83 Å². The number of furan rings is 2. The number of para-hydroxylation sites is 4. The Kier molecular flexibility index (Phi) is 5.96. The van der Waals surface area contributed by atoms with E-state index in [2.05, 4.69) is 156 Å². The van der Waals surface area contributed by atoms with Crippen LogP contribution in [0.2, 0.25) is 0 Å². The van der Waals surface area contributed by atoms with Gasteiger partial charge in [0, 0.05) is 43.6 Å². The normalized spacial score (nSPS) is 11.9. The van der Waals surface area contributed by atoms with Crippen LogP contribution in [0.3, 0.4) is 0 Å². The van der Waals surface area contributed by atoms with Crippen molar-refractivity contribution in [2.75, 3.05) is 0 Å². The van der Waals surface area contributed by atoms with Gasteiger partial charge in [-0.2, -0.15) is 0 Å². The van der Waals surface area contributed by atoms with E-state index >= 15 is 0 Å². The summed E-state index contributed by atoms with van der Waals surface area (Å²) in [6.45, 7) is 0. The number of benzene rings is 8. The van der Waals surface area contributed by atoms with Crippen LogP contribution in [0.5, 0.6) is 0 Å². The summed E-state index contributed by atoms with van der Waals surface area (Å²) >= 11 is 0. The third-order valence-electron chi connectivity index (χ3n) is 10.4. The Balaban J connectivity index is 0.986. The maximum absolute atomic E-state index is 6.36. The van der Waals surface area contributed by atoms with E-state index in [4.69, 9.17) is 8.83 Å². The third kappa shape index (κ3) is 4.32. The molecular weight excluding hydrogens is 623 g/mol. The highest BCUT2D eigenvalue weighted by molar-refractivity contribution is 6.11. The van der Waals surface area contributed by atoms with Gasteiger partial charge in [0.05, 0.1) is 11.0 Å². The Bertz CT molecular complexity index is 3120. The van der Waals surface area contributed by atoms with E-state index in [0.29, 0.717) is 0 Å². The lowest BCUT2D eigenvalue weighted by Crippen LogP contribution is -1.94. The van der Waals surface area contributed by atoms with Crippen LogP contribution in [0.25, 0.3) is 105 Å². The molecule has 0 aliphatic rings. The lowest BCUT2D eigenvalue weighted by molar-refractivity contribution is 0.669. The second-order valence-corrected chi connectivity index (χ2v) is 13.3. The van der Waals surface area contributed by atoms with Crippen molar-refractivity contribution in [2.45, 2.75) is 0 Å². The molecule has 8 aromatic carbocycles. The molecule has 238 valence electrons. The van der Waals surface area contributed by atoms with E-state index < -0.39 is 0 Å². The Morgan fingerprint density at radius 3 is 1.65 bits per heavy atom. The Labute approximate surface area is 293 Å². The summed E-state index contributed by atoms with van der Waals surface area (Å²) in [7, 11) is 0. The minimum atomic E-state index is 0.914. The first-order chi connectivity index (χ1) is 25.3. The maximum Gasteiger partial charge on any atom is 0.143 e. The molecule has 0 aliphatic heterocycles. The fourth-order valence-electron chi connectivity index (χ4n) is 7.95. The Hall–Kier alpha value is -6.84. The van der Waals surface area contributed by atoms with Gasteiger partial charge in [0.2, 0.25) is 0 Å². The topological polar surface area (TPSA) is 31.2 Å². The van der Waals surface area contributed by atoms with Gasteiger partial charge < -0.3 is 13.4 Å². The summed E-state index contributed by atoms with van der Waals surface area (Å²) in [6.07, 6.45) is 0. The van der Waals surface area contributed by atoms with Crippen LogP contribution in [-0.4, -0.2) is 4.57 Å². The monoisotopic (exact) mass is 651 g/mol. The molecule has 0 amide bonds. The smallest absolute Gasteiger partial charge is 0.143 e. The van der Waals surface area contributed by atoms with Crippen molar-refractivity contribution in [3.05, 3.63) is 176 Å². The van der Waals surface area contributed by atoms with Gasteiger partial charge in [0.25, 0.3) is 0 Å². The molecule has 3 aromatic heterocycles. The molecule has 3 heterocycles. The Morgan fingerprint density at radius 1 is 0.314 bits per heavy atom. The molecule has 51 heavy (non-hydrogen) atoms. The molecule has 11 aromatic rings. The number of aromatic nitrogens is 1. The van der Waals surface area contributed by atoms with Crippen LogP contribution < -0.4 is 0 Å². The second-order valence-electron chi connectivity index (χ2n) is 13.3. The van der Waals surface area contributed by atoms with Crippen LogP contribution in [-0.2, 0) is 0 Å². The number of hydrogen-bond acceptors (Lipinski definition) is 2. The standard InChI is InChI=1S/C48H29NO2/c1-4-13-43-37(8-1)38-26-22-34(31-18-16-30(17-19-31)33-23-27-47-42(28-33)40-10-3-5-14-45(40)50-47)29-44(38)49(43)35-24-20-32(21-25-35)36-11-7-12-41-39-9-2-6-15-46(39)51-48(36)41/h1-29H. The molecule has 11 rings (SSSR count). The molecule has 0 radical (unpaired) electrons. The van der Waals surface area contributed by atoms with Crippen molar-refractivity contribution in [1.29, 1.82) is 0 Å². The molecule has 0 N–H and O–H groups in total. The summed E-state index contributed by atoms with van der Waals surface area (Å²) in [5.74, 6) is 0. The molecule has 0 aliphatic carbocycles. The van der Waals surface area contributed by atoms with E-state index in [1.807, 2.05) is 24.3 Å². The zero-order valence-corrected chi connectivity index (χ0v) is 27.5. The van der Waals surface area contributed by atoms with Crippen molar-refractivity contribution in [2.24, 2.45) is 0 Å². The maximum atomic E-state index is 6.36. The minimum Gasteiger partial charge on any atom is -0.456 e. The predicted octanol–water partition coefficient (Wildman–Crippen LogP) is 13.6. The van der Waals surface area contributed by atoms with Gasteiger partial charge in [-0.15, -0.1) is 0 Å². The first kappa shape index (κ1) is 28.0. The largest absolute Gasteiger partial charge is 0.456 e. The molecule has 0 saturated heterocycles. The van der Waals surface area contributed by atoms with Crippen LogP contribution in [0.1, 0.15) is 0 Å². The van der Waals surface area contributed by atoms with Crippen molar-refractivity contribution in [3.63, 3.8) is 0 Å². The van der Waals surface area contributed by atoms with Crippen molar-refractivity contribution in [1.82, 2.24) is 4.57 Å². The van der Waals surface area contributed by atoms with Gasteiger partial charge in [-0.1, -0.05) is 127 Å². The highest BCUT2D eigenvalue weighted by Gasteiger charge is 2.16. The molecule has 3 nitrogen and oxygen atoms in total. The van der Waals surface area contributed by atoms with Gasteiger partial charge in [0.15, 0.2) is 0 Å². The molecule has 0 unspecified atom stereocenters. The van der Waals surface area contributed by atoms with Crippen LogP contribution >= 0.6 is 0 Å². The number of nitrogens with zero attached hydrogens (tertiary/aromatic N) is 1. The van der Waals surface area contributed by atoms with Gasteiger partial charge in [-0.3, -0.25) is 0 Å². The van der Waals surface area contributed by atoms with Crippen molar-refractivity contribution >= 4 is 65.7 Å². The second kappa shape index (κ2) is 10.8. The molecule has 0 bridgehead atoms. The van der Waals surface area contributed by atoms with Crippen LogP contribution in [0, 0.1) is 0 Å². The van der Waals surface area contributed by atoms with Crippen LogP contribution in [0.15, 0.2) is 185 Å². The molecule has 0 saturated carbocycles. The zero-order valence-electron chi connectivity index (χ0n) is 27.5. The van der Waals surface area contributed by atoms with Gasteiger partial charge in [0.1, 0.15) is 22.3 Å². The fraction of sp³-hybridized carbons (Fsp3) is 0. The SMILES string of the molecule is c1ccc2c(c1)oc1ccc(-c3ccc(-c4ccc5c6ccccc6n(-c6ccc(-c7cccc8c7oc7ccccc78)cc6)c5c4)cc3)cc12. The van der Waals surface area contributed by atoms with Crippen molar-refractivity contribution in [3.8, 4) is 39.1 Å². The Morgan fingerprint density at radius 2 is 0.863 bits per heavy atom. The zero-order chi connectivity index (χ0) is 33.5.